The number of benzene rings is 1. The number of pyridine rings is 1. The quantitative estimate of drug-likeness (QED) is 0.477. The number of Topliss-reactive ketones (excluding diaryl/α,β-unsaturated/α-hetero) is 1. The van der Waals surface area contributed by atoms with Gasteiger partial charge in [-0.3, -0.25) is 14.3 Å². The maximum atomic E-state index is 13.1. The van der Waals surface area contributed by atoms with E-state index in [1.165, 1.54) is 0 Å². The Morgan fingerprint density at radius 2 is 2.11 bits per heavy atom. The van der Waals surface area contributed by atoms with Crippen molar-refractivity contribution < 1.29 is 27.5 Å². The van der Waals surface area contributed by atoms with Crippen molar-refractivity contribution >= 4 is 32.5 Å². The zero-order valence-corrected chi connectivity index (χ0v) is 20.3. The highest BCUT2D eigenvalue weighted by Crippen LogP contribution is 2.56. The summed E-state index contributed by atoms with van der Waals surface area (Å²) in [6.07, 6.45) is 4.98. The molecule has 9 nitrogen and oxygen atoms in total. The summed E-state index contributed by atoms with van der Waals surface area (Å²) >= 11 is 0. The number of ketones is 1. The number of sulfonamides is 1. The molecule has 2 saturated carbocycles. The molecule has 1 aromatic carbocycles. The number of fused-ring (bicyclic) bond motifs is 1. The van der Waals surface area contributed by atoms with Crippen LogP contribution in [-0.4, -0.2) is 56.1 Å². The molecule has 0 radical (unpaired) electrons. The molecule has 1 amide bonds. The Hall–Kier alpha value is -2.98. The van der Waals surface area contributed by atoms with E-state index in [-0.39, 0.29) is 24.2 Å². The van der Waals surface area contributed by atoms with Gasteiger partial charge in [0.15, 0.2) is 5.78 Å². The molecule has 0 spiro atoms. The van der Waals surface area contributed by atoms with E-state index in [4.69, 9.17) is 9.47 Å². The fraction of sp³-hybridized carbons (Fsp3) is 0.480. The minimum atomic E-state index is -3.68. The molecule has 5 rings (SSSR count). The highest BCUT2D eigenvalue weighted by atomic mass is 32.2. The van der Waals surface area contributed by atoms with E-state index in [9.17, 15) is 18.0 Å². The summed E-state index contributed by atoms with van der Waals surface area (Å²) in [4.78, 5) is 30.4. The molecule has 186 valence electrons. The third kappa shape index (κ3) is 4.64. The average molecular weight is 500 g/mol. The SMILES string of the molecule is C=C[C@@H]1C[C@]1(CC(=O)[C@@H]1C[C@@H](Oc2nccc3cc(OC)ccc23)CN1)C(=O)NS(=O)(=O)C1CC1. The normalized spacial score (nSPS) is 27.9. The summed E-state index contributed by atoms with van der Waals surface area (Å²) in [5.74, 6) is 0.286. The van der Waals surface area contributed by atoms with Crippen molar-refractivity contribution in [2.24, 2.45) is 11.3 Å². The monoisotopic (exact) mass is 499 g/mol. The van der Waals surface area contributed by atoms with Gasteiger partial charge in [0.2, 0.25) is 21.8 Å². The van der Waals surface area contributed by atoms with Crippen molar-refractivity contribution in [1.29, 1.82) is 0 Å². The lowest BCUT2D eigenvalue weighted by Crippen LogP contribution is -2.42. The van der Waals surface area contributed by atoms with E-state index in [1.54, 1.807) is 19.4 Å². The maximum absolute atomic E-state index is 13.1. The topological polar surface area (TPSA) is 124 Å². The van der Waals surface area contributed by atoms with Crippen LogP contribution in [0.2, 0.25) is 0 Å². The molecule has 4 atom stereocenters. The molecule has 10 heteroatoms. The third-order valence-corrected chi connectivity index (χ3v) is 9.07. The van der Waals surface area contributed by atoms with E-state index >= 15 is 0 Å². The van der Waals surface area contributed by atoms with Gasteiger partial charge in [-0.1, -0.05) is 6.08 Å². The first-order valence-corrected chi connectivity index (χ1v) is 13.3. The van der Waals surface area contributed by atoms with Crippen LogP contribution in [0.1, 0.15) is 32.1 Å². The lowest BCUT2D eigenvalue weighted by Gasteiger charge is -2.18. The number of hydrogen-bond donors (Lipinski definition) is 2. The molecule has 2 N–H and O–H groups in total. The molecule has 1 aromatic heterocycles. The lowest BCUT2D eigenvalue weighted by molar-refractivity contribution is -0.130. The fourth-order valence-electron chi connectivity index (χ4n) is 4.86. The highest BCUT2D eigenvalue weighted by molar-refractivity contribution is 7.90. The van der Waals surface area contributed by atoms with Crippen LogP contribution in [0.25, 0.3) is 10.8 Å². The lowest BCUT2D eigenvalue weighted by atomic mass is 9.92. The maximum Gasteiger partial charge on any atom is 0.240 e. The number of nitrogens with one attached hydrogen (secondary N) is 2. The van der Waals surface area contributed by atoms with Gasteiger partial charge in [-0.15, -0.1) is 6.58 Å². The molecule has 3 fully saturated rings. The molecule has 2 aliphatic carbocycles. The second kappa shape index (κ2) is 8.91. The Kier molecular flexibility index (Phi) is 6.04. The third-order valence-electron chi connectivity index (χ3n) is 7.25. The van der Waals surface area contributed by atoms with Crippen LogP contribution in [0, 0.1) is 11.3 Å². The van der Waals surface area contributed by atoms with Gasteiger partial charge in [0.05, 0.1) is 23.8 Å². The van der Waals surface area contributed by atoms with Crippen LogP contribution >= 0.6 is 0 Å². The number of rotatable bonds is 10. The zero-order valence-electron chi connectivity index (χ0n) is 19.5. The van der Waals surface area contributed by atoms with Crippen molar-refractivity contribution in [2.75, 3.05) is 13.7 Å². The van der Waals surface area contributed by atoms with Crippen LogP contribution in [0.5, 0.6) is 11.6 Å². The number of ether oxygens (including phenoxy) is 2. The van der Waals surface area contributed by atoms with Gasteiger partial charge >= 0.3 is 0 Å². The smallest absolute Gasteiger partial charge is 0.240 e. The molecular formula is C25H29N3O6S. The average Bonchev–Trinajstić information content (AvgIpc) is 3.76. The molecule has 1 aliphatic heterocycles. The molecule has 2 heterocycles. The van der Waals surface area contributed by atoms with Crippen LogP contribution in [-0.2, 0) is 19.6 Å². The predicted molar refractivity (Wildman–Crippen MR) is 130 cm³/mol. The Labute approximate surface area is 204 Å². The first-order valence-electron chi connectivity index (χ1n) is 11.8. The Balaban J connectivity index is 1.23. The van der Waals surface area contributed by atoms with Gasteiger partial charge in [-0.2, -0.15) is 0 Å². The number of amides is 1. The number of nitrogens with zero attached hydrogens (tertiary/aromatic N) is 1. The standard InChI is InChI=1S/C25H29N3O6S/c1-3-16-12-25(16,24(30)28-35(31,32)19-5-6-19)13-22(29)21-11-18(14-27-21)34-23-20-7-4-17(33-2)10-15(20)8-9-26-23/h3-4,7-10,16,18-19,21,27H,1,5-6,11-14H2,2H3,(H,28,30)/t16-,18-,21+,25-/m1/s1. The van der Waals surface area contributed by atoms with Gasteiger partial charge in [0, 0.05) is 31.0 Å². The molecule has 0 unspecified atom stereocenters. The molecule has 2 aromatic rings. The Morgan fingerprint density at radius 1 is 1.31 bits per heavy atom. The van der Waals surface area contributed by atoms with Gasteiger partial charge in [-0.25, -0.2) is 13.4 Å². The zero-order chi connectivity index (χ0) is 24.8. The summed E-state index contributed by atoms with van der Waals surface area (Å²) in [6.45, 7) is 4.22. The van der Waals surface area contributed by atoms with Crippen molar-refractivity contribution in [3.05, 3.63) is 43.1 Å². The molecular weight excluding hydrogens is 470 g/mol. The summed E-state index contributed by atoms with van der Waals surface area (Å²) in [7, 11) is -2.07. The molecule has 35 heavy (non-hydrogen) atoms. The number of carbonyl (C=O) groups is 2. The van der Waals surface area contributed by atoms with Crippen molar-refractivity contribution in [3.8, 4) is 11.6 Å². The van der Waals surface area contributed by atoms with Crippen molar-refractivity contribution in [3.63, 3.8) is 0 Å². The first kappa shape index (κ1) is 23.7. The second-order valence-electron chi connectivity index (χ2n) is 9.66. The van der Waals surface area contributed by atoms with E-state index in [0.29, 0.717) is 38.1 Å². The van der Waals surface area contributed by atoms with Gasteiger partial charge < -0.3 is 14.8 Å². The van der Waals surface area contributed by atoms with Gasteiger partial charge in [0.1, 0.15) is 11.9 Å². The summed E-state index contributed by atoms with van der Waals surface area (Å²) in [5, 5.41) is 4.48. The van der Waals surface area contributed by atoms with E-state index < -0.39 is 32.6 Å². The summed E-state index contributed by atoms with van der Waals surface area (Å²) in [5.41, 5.74) is -1.04. The number of methoxy groups -OCH3 is 1. The molecule has 3 aliphatic rings. The van der Waals surface area contributed by atoms with Gasteiger partial charge in [0.25, 0.3) is 0 Å². The number of allylic oxidation sites excluding steroid dienone is 1. The Morgan fingerprint density at radius 3 is 2.80 bits per heavy atom. The molecule has 1 saturated heterocycles. The summed E-state index contributed by atoms with van der Waals surface area (Å²) in [6, 6.07) is 7.04. The number of carbonyl (C=O) groups excluding carboxylic acids is 2. The first-order chi connectivity index (χ1) is 16.8. The van der Waals surface area contributed by atoms with Crippen molar-refractivity contribution in [2.45, 2.75) is 49.5 Å². The van der Waals surface area contributed by atoms with Crippen LogP contribution in [0.3, 0.4) is 0 Å². The van der Waals surface area contributed by atoms with E-state index in [2.05, 4.69) is 21.6 Å². The minimum absolute atomic E-state index is 0.0353. The van der Waals surface area contributed by atoms with Crippen molar-refractivity contribution in [1.82, 2.24) is 15.0 Å². The van der Waals surface area contributed by atoms with Crippen LogP contribution in [0.15, 0.2) is 43.1 Å². The van der Waals surface area contributed by atoms with Crippen LogP contribution in [0.4, 0.5) is 0 Å². The highest BCUT2D eigenvalue weighted by Gasteiger charge is 2.60. The number of hydrogen-bond acceptors (Lipinski definition) is 8. The summed E-state index contributed by atoms with van der Waals surface area (Å²) < 4.78 is 38.2. The van der Waals surface area contributed by atoms with E-state index in [1.807, 2.05) is 24.3 Å². The number of aromatic nitrogens is 1. The minimum Gasteiger partial charge on any atom is -0.497 e. The Bertz CT molecular complexity index is 1290. The fourth-order valence-corrected chi connectivity index (χ4v) is 6.24. The predicted octanol–water partition coefficient (Wildman–Crippen LogP) is 2.11. The van der Waals surface area contributed by atoms with Crippen LogP contribution < -0.4 is 19.5 Å². The molecule has 0 bridgehead atoms. The second-order valence-corrected chi connectivity index (χ2v) is 11.6. The largest absolute Gasteiger partial charge is 0.497 e. The van der Waals surface area contributed by atoms with Gasteiger partial charge in [-0.05, 0) is 54.8 Å². The van der Waals surface area contributed by atoms with E-state index in [0.717, 1.165) is 16.5 Å².